The minimum absolute atomic E-state index is 0.0539. The second kappa shape index (κ2) is 6.57. The van der Waals surface area contributed by atoms with Crippen molar-refractivity contribution in [3.63, 3.8) is 0 Å². The third-order valence-electron chi connectivity index (χ3n) is 4.19. The fourth-order valence-corrected chi connectivity index (χ4v) is 4.62. The van der Waals surface area contributed by atoms with E-state index in [1.807, 2.05) is 4.90 Å². The predicted molar refractivity (Wildman–Crippen MR) is 81.6 cm³/mol. The first-order valence-corrected chi connectivity index (χ1v) is 8.11. The van der Waals surface area contributed by atoms with Gasteiger partial charge in [0, 0.05) is 19.5 Å². The minimum Gasteiger partial charge on any atom is -0.483 e. The fraction of sp³-hybridized carbons (Fsp3) is 0.846. The van der Waals surface area contributed by atoms with Crippen molar-refractivity contribution in [1.82, 2.24) is 4.90 Å². The van der Waals surface area contributed by atoms with Crippen LogP contribution in [0.5, 0.6) is 0 Å². The summed E-state index contributed by atoms with van der Waals surface area (Å²) in [6.45, 7) is 6.17. The molecule has 110 valence electrons. The Kier molecular flexibility index (Phi) is 5.86. The zero-order valence-corrected chi connectivity index (χ0v) is 14.5. The zero-order chi connectivity index (χ0) is 14.7. The maximum absolute atomic E-state index is 11.9. The van der Waals surface area contributed by atoms with Crippen molar-refractivity contribution in [3.8, 4) is 0 Å². The number of rotatable bonds is 3. The van der Waals surface area contributed by atoms with Gasteiger partial charge in [-0.25, -0.2) is 0 Å². The molecule has 0 radical (unpaired) electrons. The smallest absolute Gasteiger partial charge is 0.290 e. The second-order valence-corrected chi connectivity index (χ2v) is 9.20. The molecule has 0 spiro atoms. The van der Waals surface area contributed by atoms with Gasteiger partial charge in [-0.2, -0.15) is 0 Å². The van der Waals surface area contributed by atoms with E-state index in [9.17, 15) is 4.79 Å². The summed E-state index contributed by atoms with van der Waals surface area (Å²) in [7, 11) is 0. The van der Waals surface area contributed by atoms with Crippen LogP contribution in [0.2, 0.25) is 0 Å². The molecule has 2 fully saturated rings. The van der Waals surface area contributed by atoms with E-state index in [1.54, 1.807) is 0 Å². The number of alkyl halides is 2. The van der Waals surface area contributed by atoms with Crippen molar-refractivity contribution >= 4 is 44.2 Å². The number of amides is 1. The van der Waals surface area contributed by atoms with E-state index in [0.29, 0.717) is 18.2 Å². The van der Waals surface area contributed by atoms with Crippen LogP contribution < -0.4 is 0 Å². The monoisotopic (exact) mass is 397 g/mol. The van der Waals surface area contributed by atoms with Gasteiger partial charge < -0.3 is 10.0 Å². The third-order valence-corrected chi connectivity index (χ3v) is 7.34. The molecule has 19 heavy (non-hydrogen) atoms. The lowest BCUT2D eigenvalue weighted by Crippen LogP contribution is -2.27. The molecule has 0 bridgehead atoms. The number of likely N-dealkylation sites (tertiary alicyclic amines) is 1. The van der Waals surface area contributed by atoms with Gasteiger partial charge >= 0.3 is 0 Å². The van der Waals surface area contributed by atoms with Crippen molar-refractivity contribution in [2.24, 2.45) is 11.3 Å². The maximum Gasteiger partial charge on any atom is 0.290 e. The molecule has 4 nitrogen and oxygen atoms in total. The van der Waals surface area contributed by atoms with Crippen molar-refractivity contribution in [2.75, 3.05) is 13.1 Å². The van der Waals surface area contributed by atoms with Crippen LogP contribution in [0.1, 0.15) is 39.5 Å². The van der Waals surface area contributed by atoms with E-state index < -0.39 is 0 Å². The lowest BCUT2D eigenvalue weighted by molar-refractivity contribution is -0.130. The maximum atomic E-state index is 11.9. The molecule has 1 saturated heterocycles. The summed E-state index contributed by atoms with van der Waals surface area (Å²) in [5, 5.41) is 6.89. The molecule has 1 aliphatic carbocycles. The molecule has 6 heteroatoms. The van der Waals surface area contributed by atoms with E-state index in [-0.39, 0.29) is 15.1 Å². The normalized spacial score (nSPS) is 26.3. The van der Waals surface area contributed by atoms with E-state index in [1.165, 1.54) is 12.8 Å². The molecule has 1 aliphatic heterocycles. The van der Waals surface area contributed by atoms with Gasteiger partial charge in [-0.15, -0.1) is 0 Å². The number of carbonyl (C=O) groups excluding carboxylic acids is 1. The van der Waals surface area contributed by atoms with Gasteiger partial charge in [0.25, 0.3) is 6.47 Å². The van der Waals surface area contributed by atoms with Crippen LogP contribution in [0.15, 0.2) is 0 Å². The molecule has 1 N–H and O–H groups in total. The highest BCUT2D eigenvalue weighted by atomic mass is 79.9. The molecule has 1 atom stereocenters. The summed E-state index contributed by atoms with van der Waals surface area (Å²) >= 11 is 7.40. The molecule has 1 amide bonds. The van der Waals surface area contributed by atoms with Crippen LogP contribution >= 0.6 is 31.9 Å². The third kappa shape index (κ3) is 3.72. The predicted octanol–water partition coefficient (Wildman–Crippen LogP) is 3.23. The summed E-state index contributed by atoms with van der Waals surface area (Å²) in [6, 6.07) is 0. The summed E-state index contributed by atoms with van der Waals surface area (Å²) in [6.07, 6.45) is 4.05. The van der Waals surface area contributed by atoms with Gasteiger partial charge in [0.05, 0.1) is 3.23 Å². The SMILES string of the molecule is CC1(C)C(CCC(=O)N2CCCC2)C1(Br)Br.O=CO. The highest BCUT2D eigenvalue weighted by molar-refractivity contribution is 9.25. The molecule has 2 rings (SSSR count). The van der Waals surface area contributed by atoms with E-state index in [0.717, 1.165) is 19.5 Å². The van der Waals surface area contributed by atoms with Crippen LogP contribution in [-0.4, -0.2) is 38.7 Å². The Morgan fingerprint density at radius 1 is 1.37 bits per heavy atom. The van der Waals surface area contributed by atoms with Gasteiger partial charge in [-0.1, -0.05) is 45.7 Å². The Morgan fingerprint density at radius 3 is 2.16 bits per heavy atom. The Bertz CT molecular complexity index is 325. The Labute approximate surface area is 131 Å². The number of nitrogens with zero attached hydrogens (tertiary/aromatic N) is 1. The average Bonchev–Trinajstić information content (AvgIpc) is 2.75. The first-order valence-electron chi connectivity index (χ1n) is 6.52. The lowest BCUT2D eigenvalue weighted by Gasteiger charge is -2.15. The molecule has 2 aliphatic rings. The van der Waals surface area contributed by atoms with Crippen molar-refractivity contribution in [2.45, 2.75) is 42.8 Å². The Hall–Kier alpha value is -0.100. The molecule has 0 aromatic rings. The molecule has 0 aromatic heterocycles. The van der Waals surface area contributed by atoms with Crippen molar-refractivity contribution < 1.29 is 14.7 Å². The molecular weight excluding hydrogens is 378 g/mol. The first kappa shape index (κ1) is 17.0. The van der Waals surface area contributed by atoms with Gasteiger partial charge in [0.15, 0.2) is 0 Å². The Balaban J connectivity index is 0.000000550. The van der Waals surface area contributed by atoms with Crippen molar-refractivity contribution in [3.05, 3.63) is 0 Å². The van der Waals surface area contributed by atoms with Crippen LogP contribution in [0, 0.1) is 11.3 Å². The number of carbonyl (C=O) groups is 2. The van der Waals surface area contributed by atoms with Crippen LogP contribution in [0.3, 0.4) is 0 Å². The van der Waals surface area contributed by atoms with E-state index in [2.05, 4.69) is 45.7 Å². The van der Waals surface area contributed by atoms with Crippen LogP contribution in [-0.2, 0) is 9.59 Å². The molecule has 0 aromatic carbocycles. The standard InChI is InChI=1S/C12H19Br2NO.CH2O2/c1-11(2)9(12(11,13)14)5-6-10(16)15-7-3-4-8-15;2-1-3/h9H,3-8H2,1-2H3;1H,(H,2,3). The minimum atomic E-state index is -0.250. The first-order chi connectivity index (χ1) is 8.79. The molecular formula is C13H21Br2NO3. The number of hydrogen-bond acceptors (Lipinski definition) is 2. The van der Waals surface area contributed by atoms with E-state index >= 15 is 0 Å². The molecule has 1 heterocycles. The van der Waals surface area contributed by atoms with Crippen molar-refractivity contribution in [1.29, 1.82) is 0 Å². The van der Waals surface area contributed by atoms with E-state index in [4.69, 9.17) is 9.90 Å². The van der Waals surface area contributed by atoms with Gasteiger partial charge in [-0.3, -0.25) is 9.59 Å². The van der Waals surface area contributed by atoms with Gasteiger partial charge in [0.2, 0.25) is 5.91 Å². The molecule has 1 saturated carbocycles. The summed E-state index contributed by atoms with van der Waals surface area (Å²) in [5.74, 6) is 0.905. The number of hydrogen-bond donors (Lipinski definition) is 1. The zero-order valence-electron chi connectivity index (χ0n) is 11.4. The van der Waals surface area contributed by atoms with Gasteiger partial charge in [-0.05, 0) is 30.6 Å². The van der Waals surface area contributed by atoms with Gasteiger partial charge in [0.1, 0.15) is 0 Å². The Morgan fingerprint density at radius 2 is 1.79 bits per heavy atom. The fourth-order valence-electron chi connectivity index (χ4n) is 2.69. The number of carboxylic acid groups (broad SMARTS) is 1. The highest BCUT2D eigenvalue weighted by Gasteiger charge is 2.67. The second-order valence-electron chi connectivity index (χ2n) is 5.63. The topological polar surface area (TPSA) is 57.6 Å². The average molecular weight is 399 g/mol. The summed E-state index contributed by atoms with van der Waals surface area (Å²) in [5.41, 5.74) is 0.262. The quantitative estimate of drug-likeness (QED) is 0.586. The summed E-state index contributed by atoms with van der Waals surface area (Å²) in [4.78, 5) is 22.3. The highest BCUT2D eigenvalue weighted by Crippen LogP contribution is 2.72. The summed E-state index contributed by atoms with van der Waals surface area (Å²) < 4.78 is 0.0539. The van der Waals surface area contributed by atoms with Crippen LogP contribution in [0.4, 0.5) is 0 Å². The lowest BCUT2D eigenvalue weighted by atomic mass is 10.1. The molecule has 1 unspecified atom stereocenters. The largest absolute Gasteiger partial charge is 0.483 e. The number of halogens is 2. The van der Waals surface area contributed by atoms with Crippen LogP contribution in [0.25, 0.3) is 0 Å².